The van der Waals surface area contributed by atoms with Gasteiger partial charge in [0.25, 0.3) is 0 Å². The summed E-state index contributed by atoms with van der Waals surface area (Å²) in [5, 5.41) is 0. The molecule has 2 heteroatoms. The van der Waals surface area contributed by atoms with Gasteiger partial charge in [0.15, 0.2) is 0 Å². The van der Waals surface area contributed by atoms with Gasteiger partial charge < -0.3 is 5.73 Å². The van der Waals surface area contributed by atoms with Crippen molar-refractivity contribution in [2.45, 2.75) is 40.2 Å². The fourth-order valence-electron chi connectivity index (χ4n) is 2.23. The van der Waals surface area contributed by atoms with Crippen LogP contribution in [-0.4, -0.2) is 24.5 Å². The van der Waals surface area contributed by atoms with E-state index in [1.165, 1.54) is 24.1 Å². The molecule has 0 aromatic heterocycles. The van der Waals surface area contributed by atoms with Crippen molar-refractivity contribution in [3.05, 3.63) is 35.4 Å². The zero-order valence-corrected chi connectivity index (χ0v) is 12.2. The Balaban J connectivity index is 2.68. The van der Waals surface area contributed by atoms with Gasteiger partial charge in [0.1, 0.15) is 0 Å². The molecule has 18 heavy (non-hydrogen) atoms. The SMILES string of the molecule is CCC(C)CN(CC)Cc1ccccc1CCN. The summed E-state index contributed by atoms with van der Waals surface area (Å²) in [7, 11) is 0. The Morgan fingerprint density at radius 2 is 1.83 bits per heavy atom. The molecule has 1 aromatic carbocycles. The van der Waals surface area contributed by atoms with Gasteiger partial charge in [-0.05, 0) is 36.6 Å². The summed E-state index contributed by atoms with van der Waals surface area (Å²) in [5.41, 5.74) is 8.52. The monoisotopic (exact) mass is 248 g/mol. The van der Waals surface area contributed by atoms with E-state index < -0.39 is 0 Å². The van der Waals surface area contributed by atoms with E-state index in [2.05, 4.69) is 49.9 Å². The molecule has 0 amide bonds. The van der Waals surface area contributed by atoms with Crippen LogP contribution < -0.4 is 5.73 Å². The second-order valence-electron chi connectivity index (χ2n) is 5.15. The maximum absolute atomic E-state index is 5.68. The van der Waals surface area contributed by atoms with Crippen LogP contribution in [0.25, 0.3) is 0 Å². The molecule has 1 atom stereocenters. The van der Waals surface area contributed by atoms with E-state index in [0.29, 0.717) is 0 Å². The fraction of sp³-hybridized carbons (Fsp3) is 0.625. The van der Waals surface area contributed by atoms with Crippen LogP contribution in [0.4, 0.5) is 0 Å². The molecule has 0 spiro atoms. The molecule has 0 aliphatic rings. The van der Waals surface area contributed by atoms with Gasteiger partial charge in [0.2, 0.25) is 0 Å². The smallest absolute Gasteiger partial charge is 0.0236 e. The molecule has 0 aliphatic carbocycles. The van der Waals surface area contributed by atoms with Crippen LogP contribution in [0.1, 0.15) is 38.3 Å². The van der Waals surface area contributed by atoms with Crippen molar-refractivity contribution in [1.82, 2.24) is 4.90 Å². The first-order valence-corrected chi connectivity index (χ1v) is 7.20. The highest BCUT2D eigenvalue weighted by molar-refractivity contribution is 5.27. The maximum atomic E-state index is 5.68. The molecular formula is C16H28N2. The highest BCUT2D eigenvalue weighted by atomic mass is 15.1. The van der Waals surface area contributed by atoms with Crippen molar-refractivity contribution in [2.24, 2.45) is 11.7 Å². The lowest BCUT2D eigenvalue weighted by Gasteiger charge is -2.25. The molecule has 1 rings (SSSR count). The van der Waals surface area contributed by atoms with Gasteiger partial charge in [-0.15, -0.1) is 0 Å². The van der Waals surface area contributed by atoms with E-state index in [1.54, 1.807) is 0 Å². The second kappa shape index (κ2) is 8.28. The lowest BCUT2D eigenvalue weighted by atomic mass is 10.0. The first-order valence-electron chi connectivity index (χ1n) is 7.20. The van der Waals surface area contributed by atoms with Gasteiger partial charge in [-0.2, -0.15) is 0 Å². The summed E-state index contributed by atoms with van der Waals surface area (Å²) in [4.78, 5) is 2.53. The molecule has 1 unspecified atom stereocenters. The topological polar surface area (TPSA) is 29.3 Å². The Labute approximate surface area is 112 Å². The number of nitrogens with zero attached hydrogens (tertiary/aromatic N) is 1. The van der Waals surface area contributed by atoms with Crippen LogP contribution in [0.3, 0.4) is 0 Å². The number of benzene rings is 1. The Kier molecular flexibility index (Phi) is 6.99. The van der Waals surface area contributed by atoms with E-state index >= 15 is 0 Å². The quantitative estimate of drug-likeness (QED) is 0.766. The minimum Gasteiger partial charge on any atom is -0.330 e. The Morgan fingerprint density at radius 1 is 1.17 bits per heavy atom. The average Bonchev–Trinajstić information content (AvgIpc) is 2.40. The highest BCUT2D eigenvalue weighted by Crippen LogP contribution is 2.14. The van der Waals surface area contributed by atoms with Crippen LogP contribution in [0.5, 0.6) is 0 Å². The molecule has 1 aromatic rings. The van der Waals surface area contributed by atoms with Gasteiger partial charge in [0.05, 0.1) is 0 Å². The van der Waals surface area contributed by atoms with E-state index in [4.69, 9.17) is 5.73 Å². The predicted molar refractivity (Wildman–Crippen MR) is 79.6 cm³/mol. The summed E-state index contributed by atoms with van der Waals surface area (Å²) >= 11 is 0. The van der Waals surface area contributed by atoms with Gasteiger partial charge >= 0.3 is 0 Å². The fourth-order valence-corrected chi connectivity index (χ4v) is 2.23. The molecule has 0 saturated carbocycles. The third-order valence-electron chi connectivity index (χ3n) is 3.64. The largest absolute Gasteiger partial charge is 0.330 e. The van der Waals surface area contributed by atoms with Crippen molar-refractivity contribution in [3.8, 4) is 0 Å². The van der Waals surface area contributed by atoms with E-state index in [0.717, 1.165) is 32.0 Å². The van der Waals surface area contributed by atoms with E-state index in [-0.39, 0.29) is 0 Å². The van der Waals surface area contributed by atoms with Crippen molar-refractivity contribution in [2.75, 3.05) is 19.6 Å². The van der Waals surface area contributed by atoms with Crippen molar-refractivity contribution >= 4 is 0 Å². The third-order valence-corrected chi connectivity index (χ3v) is 3.64. The minimum atomic E-state index is 0.731. The standard InChI is InChI=1S/C16H28N2/c1-4-14(3)12-18(5-2)13-16-9-7-6-8-15(16)10-11-17/h6-9,14H,4-5,10-13,17H2,1-3H3. The normalized spacial score (nSPS) is 12.9. The number of hydrogen-bond acceptors (Lipinski definition) is 2. The molecule has 0 radical (unpaired) electrons. The summed E-state index contributed by atoms with van der Waals surface area (Å²) in [6, 6.07) is 8.69. The Morgan fingerprint density at radius 3 is 2.39 bits per heavy atom. The lowest BCUT2D eigenvalue weighted by molar-refractivity contribution is 0.237. The summed E-state index contributed by atoms with van der Waals surface area (Å²) in [6.07, 6.45) is 2.23. The summed E-state index contributed by atoms with van der Waals surface area (Å²) < 4.78 is 0. The molecule has 0 saturated heterocycles. The van der Waals surface area contributed by atoms with Gasteiger partial charge in [-0.3, -0.25) is 4.90 Å². The third kappa shape index (κ3) is 4.79. The number of hydrogen-bond donors (Lipinski definition) is 1. The molecule has 102 valence electrons. The number of nitrogens with two attached hydrogens (primary N) is 1. The molecule has 2 N–H and O–H groups in total. The minimum absolute atomic E-state index is 0.731. The lowest BCUT2D eigenvalue weighted by Crippen LogP contribution is -2.28. The highest BCUT2D eigenvalue weighted by Gasteiger charge is 2.09. The van der Waals surface area contributed by atoms with Crippen LogP contribution >= 0.6 is 0 Å². The molecule has 0 heterocycles. The molecule has 0 bridgehead atoms. The second-order valence-corrected chi connectivity index (χ2v) is 5.15. The Bertz CT molecular complexity index is 336. The van der Waals surface area contributed by atoms with Crippen LogP contribution in [-0.2, 0) is 13.0 Å². The van der Waals surface area contributed by atoms with Gasteiger partial charge in [-0.1, -0.05) is 51.5 Å². The molecular weight excluding hydrogens is 220 g/mol. The van der Waals surface area contributed by atoms with Crippen molar-refractivity contribution in [1.29, 1.82) is 0 Å². The molecule has 2 nitrogen and oxygen atoms in total. The average molecular weight is 248 g/mol. The summed E-state index contributed by atoms with van der Waals surface area (Å²) in [5.74, 6) is 0.770. The molecule has 0 fully saturated rings. The van der Waals surface area contributed by atoms with Crippen molar-refractivity contribution in [3.63, 3.8) is 0 Å². The summed E-state index contributed by atoms with van der Waals surface area (Å²) in [6.45, 7) is 10.9. The Hall–Kier alpha value is -0.860. The predicted octanol–water partition coefficient (Wildman–Crippen LogP) is 3.06. The van der Waals surface area contributed by atoms with Crippen LogP contribution in [0.15, 0.2) is 24.3 Å². The van der Waals surface area contributed by atoms with Gasteiger partial charge in [0, 0.05) is 13.1 Å². The van der Waals surface area contributed by atoms with E-state index in [9.17, 15) is 0 Å². The first kappa shape index (κ1) is 15.2. The van der Waals surface area contributed by atoms with Crippen LogP contribution in [0, 0.1) is 5.92 Å². The van der Waals surface area contributed by atoms with Crippen molar-refractivity contribution < 1.29 is 0 Å². The first-order chi connectivity index (χ1) is 8.71. The molecule has 0 aliphatic heterocycles. The number of rotatable bonds is 8. The zero-order valence-electron chi connectivity index (χ0n) is 12.2. The zero-order chi connectivity index (χ0) is 13.4. The van der Waals surface area contributed by atoms with Crippen LogP contribution in [0.2, 0.25) is 0 Å². The maximum Gasteiger partial charge on any atom is 0.0236 e. The van der Waals surface area contributed by atoms with Gasteiger partial charge in [-0.25, -0.2) is 0 Å². The van der Waals surface area contributed by atoms with E-state index in [1.807, 2.05) is 0 Å².